The second-order valence-corrected chi connectivity index (χ2v) is 4.50. The molecule has 0 aliphatic carbocycles. The van der Waals surface area contributed by atoms with Crippen molar-refractivity contribution in [2.24, 2.45) is 0 Å². The molecule has 108 valence electrons. The first-order valence-electron chi connectivity index (χ1n) is 7.01. The molecule has 0 saturated carbocycles. The zero-order valence-electron chi connectivity index (χ0n) is 12.6. The Kier molecular flexibility index (Phi) is 6.32. The second kappa shape index (κ2) is 7.76. The summed E-state index contributed by atoms with van der Waals surface area (Å²) in [6.07, 6.45) is 0.930. The molecule has 6 nitrogen and oxygen atoms in total. The fourth-order valence-corrected chi connectivity index (χ4v) is 1.71. The normalized spacial score (nSPS) is 10.6. The average Bonchev–Trinajstić information content (AvgIpc) is 2.37. The highest BCUT2D eigenvalue weighted by Crippen LogP contribution is 2.17. The van der Waals surface area contributed by atoms with Crippen LogP contribution in [0.4, 0.5) is 11.9 Å². The molecule has 1 N–H and O–H groups in total. The number of hydrogen-bond acceptors (Lipinski definition) is 6. The molecule has 0 aliphatic heterocycles. The van der Waals surface area contributed by atoms with Gasteiger partial charge >= 0.3 is 6.01 Å². The SMILES string of the molecule is CCCOc1nc(NCC)nc(N(CC)C(C)C)n1. The summed E-state index contributed by atoms with van der Waals surface area (Å²) in [6.45, 7) is 12.6. The Hall–Kier alpha value is -1.59. The lowest BCUT2D eigenvalue weighted by Crippen LogP contribution is -2.32. The van der Waals surface area contributed by atoms with Gasteiger partial charge in [0.1, 0.15) is 0 Å². The Labute approximate surface area is 115 Å². The first kappa shape index (κ1) is 15.5. The first-order valence-corrected chi connectivity index (χ1v) is 7.01. The van der Waals surface area contributed by atoms with E-state index < -0.39 is 0 Å². The summed E-state index contributed by atoms with van der Waals surface area (Å²) >= 11 is 0. The van der Waals surface area contributed by atoms with Crippen molar-refractivity contribution in [2.45, 2.75) is 47.1 Å². The van der Waals surface area contributed by atoms with Gasteiger partial charge in [-0.05, 0) is 34.1 Å². The number of aromatic nitrogens is 3. The van der Waals surface area contributed by atoms with Crippen LogP contribution in [0.5, 0.6) is 6.01 Å². The number of ether oxygens (including phenoxy) is 1. The van der Waals surface area contributed by atoms with E-state index in [1.54, 1.807) is 0 Å². The standard InChI is InChI=1S/C13H25N5O/c1-6-9-19-13-16-11(14-7-2)15-12(17-13)18(8-3)10(4)5/h10H,6-9H2,1-5H3,(H,14,15,16,17). The van der Waals surface area contributed by atoms with E-state index in [2.05, 4.69) is 52.9 Å². The number of nitrogens with zero attached hydrogens (tertiary/aromatic N) is 4. The number of rotatable bonds is 8. The predicted octanol–water partition coefficient (Wildman–Crippen LogP) is 2.33. The Morgan fingerprint density at radius 2 is 1.89 bits per heavy atom. The predicted molar refractivity (Wildman–Crippen MR) is 77.9 cm³/mol. The summed E-state index contributed by atoms with van der Waals surface area (Å²) in [7, 11) is 0. The molecule has 0 unspecified atom stereocenters. The summed E-state index contributed by atoms with van der Waals surface area (Å²) in [5.41, 5.74) is 0. The van der Waals surface area contributed by atoms with Crippen LogP contribution in [-0.4, -0.2) is 40.7 Å². The molecule has 6 heteroatoms. The van der Waals surface area contributed by atoms with Gasteiger partial charge in [-0.25, -0.2) is 0 Å². The maximum absolute atomic E-state index is 5.53. The van der Waals surface area contributed by atoms with Crippen LogP contribution in [-0.2, 0) is 0 Å². The monoisotopic (exact) mass is 267 g/mol. The lowest BCUT2D eigenvalue weighted by molar-refractivity contribution is 0.291. The van der Waals surface area contributed by atoms with Crippen molar-refractivity contribution in [1.82, 2.24) is 15.0 Å². The van der Waals surface area contributed by atoms with E-state index in [0.29, 0.717) is 30.6 Å². The summed E-state index contributed by atoms with van der Waals surface area (Å²) in [5, 5.41) is 3.11. The van der Waals surface area contributed by atoms with Crippen LogP contribution >= 0.6 is 0 Å². The van der Waals surface area contributed by atoms with Crippen molar-refractivity contribution < 1.29 is 4.74 Å². The smallest absolute Gasteiger partial charge is 0.323 e. The Balaban J connectivity index is 3.03. The average molecular weight is 267 g/mol. The number of hydrogen-bond donors (Lipinski definition) is 1. The van der Waals surface area contributed by atoms with Crippen molar-refractivity contribution in [1.29, 1.82) is 0 Å². The topological polar surface area (TPSA) is 63.2 Å². The summed E-state index contributed by atoms with van der Waals surface area (Å²) in [5.74, 6) is 1.23. The lowest BCUT2D eigenvalue weighted by atomic mass is 10.3. The molecule has 0 aromatic carbocycles. The van der Waals surface area contributed by atoms with Crippen LogP contribution in [0.2, 0.25) is 0 Å². The molecule has 1 heterocycles. The maximum Gasteiger partial charge on any atom is 0.323 e. The van der Waals surface area contributed by atoms with Crippen LogP contribution in [0.15, 0.2) is 0 Å². The van der Waals surface area contributed by atoms with E-state index in [0.717, 1.165) is 19.5 Å². The summed E-state index contributed by atoms with van der Waals surface area (Å²) in [6, 6.07) is 0.725. The molecule has 1 aromatic rings. The summed E-state index contributed by atoms with van der Waals surface area (Å²) in [4.78, 5) is 15.2. The van der Waals surface area contributed by atoms with Gasteiger partial charge < -0.3 is 15.0 Å². The van der Waals surface area contributed by atoms with E-state index >= 15 is 0 Å². The molecule has 0 amide bonds. The quantitative estimate of drug-likeness (QED) is 0.780. The highest BCUT2D eigenvalue weighted by atomic mass is 16.5. The third kappa shape index (κ3) is 4.54. The molecule has 0 atom stereocenters. The maximum atomic E-state index is 5.53. The van der Waals surface area contributed by atoms with Gasteiger partial charge in [-0.2, -0.15) is 15.0 Å². The lowest BCUT2D eigenvalue weighted by Gasteiger charge is -2.25. The van der Waals surface area contributed by atoms with Gasteiger partial charge in [0.05, 0.1) is 6.61 Å². The molecule has 19 heavy (non-hydrogen) atoms. The highest BCUT2D eigenvalue weighted by Gasteiger charge is 2.15. The van der Waals surface area contributed by atoms with Crippen molar-refractivity contribution in [3.63, 3.8) is 0 Å². The van der Waals surface area contributed by atoms with E-state index in [-0.39, 0.29) is 0 Å². The van der Waals surface area contributed by atoms with E-state index in [9.17, 15) is 0 Å². The fraction of sp³-hybridized carbons (Fsp3) is 0.769. The van der Waals surface area contributed by atoms with Crippen molar-refractivity contribution in [3.8, 4) is 6.01 Å². The van der Waals surface area contributed by atoms with Crippen LogP contribution in [0.1, 0.15) is 41.0 Å². The Morgan fingerprint density at radius 3 is 2.42 bits per heavy atom. The van der Waals surface area contributed by atoms with Crippen LogP contribution < -0.4 is 15.0 Å². The van der Waals surface area contributed by atoms with Gasteiger partial charge in [0.25, 0.3) is 0 Å². The zero-order chi connectivity index (χ0) is 14.3. The van der Waals surface area contributed by atoms with E-state index in [1.807, 2.05) is 6.92 Å². The zero-order valence-corrected chi connectivity index (χ0v) is 12.6. The molecule has 0 saturated heterocycles. The molecule has 0 fully saturated rings. The second-order valence-electron chi connectivity index (χ2n) is 4.50. The molecule has 0 aliphatic rings. The third-order valence-electron chi connectivity index (χ3n) is 2.59. The van der Waals surface area contributed by atoms with Crippen LogP contribution in [0.25, 0.3) is 0 Å². The van der Waals surface area contributed by atoms with Crippen molar-refractivity contribution in [2.75, 3.05) is 29.9 Å². The summed E-state index contributed by atoms with van der Waals surface area (Å²) < 4.78 is 5.53. The van der Waals surface area contributed by atoms with Crippen LogP contribution in [0.3, 0.4) is 0 Å². The molecular formula is C13H25N5O. The largest absolute Gasteiger partial charge is 0.463 e. The Morgan fingerprint density at radius 1 is 1.16 bits per heavy atom. The molecule has 0 radical (unpaired) electrons. The van der Waals surface area contributed by atoms with Gasteiger partial charge in [-0.15, -0.1) is 0 Å². The minimum atomic E-state index is 0.334. The molecule has 0 bridgehead atoms. The Bertz CT molecular complexity index is 383. The van der Waals surface area contributed by atoms with Gasteiger partial charge in [0.15, 0.2) is 0 Å². The van der Waals surface area contributed by atoms with Crippen molar-refractivity contribution >= 4 is 11.9 Å². The minimum Gasteiger partial charge on any atom is -0.463 e. The highest BCUT2D eigenvalue weighted by molar-refractivity contribution is 5.38. The first-order chi connectivity index (χ1) is 9.12. The van der Waals surface area contributed by atoms with Gasteiger partial charge in [0.2, 0.25) is 11.9 Å². The minimum absolute atomic E-state index is 0.334. The number of nitrogens with one attached hydrogen (secondary N) is 1. The molecular weight excluding hydrogens is 242 g/mol. The van der Waals surface area contributed by atoms with E-state index in [4.69, 9.17) is 4.74 Å². The van der Waals surface area contributed by atoms with Crippen molar-refractivity contribution in [3.05, 3.63) is 0 Å². The van der Waals surface area contributed by atoms with E-state index in [1.165, 1.54) is 0 Å². The fourth-order valence-electron chi connectivity index (χ4n) is 1.71. The van der Waals surface area contributed by atoms with Gasteiger partial charge in [-0.3, -0.25) is 0 Å². The molecule has 1 rings (SSSR count). The molecule has 1 aromatic heterocycles. The van der Waals surface area contributed by atoms with Crippen LogP contribution in [0, 0.1) is 0 Å². The van der Waals surface area contributed by atoms with Gasteiger partial charge in [0, 0.05) is 19.1 Å². The molecule has 0 spiro atoms. The van der Waals surface area contributed by atoms with Gasteiger partial charge in [-0.1, -0.05) is 6.92 Å². The third-order valence-corrected chi connectivity index (χ3v) is 2.59. The number of anilines is 2.